The third-order valence-corrected chi connectivity index (χ3v) is 5.59. The van der Waals surface area contributed by atoms with Gasteiger partial charge in [0.25, 0.3) is 0 Å². The highest BCUT2D eigenvalue weighted by molar-refractivity contribution is 6.05. The van der Waals surface area contributed by atoms with Gasteiger partial charge in [-0.3, -0.25) is 4.79 Å². The molecule has 3 N–H and O–H groups in total. The lowest BCUT2D eigenvalue weighted by molar-refractivity contribution is -0.137. The maximum atomic E-state index is 13.0. The van der Waals surface area contributed by atoms with E-state index in [2.05, 4.69) is 10.6 Å². The van der Waals surface area contributed by atoms with Gasteiger partial charge in [0, 0.05) is 36.4 Å². The first-order chi connectivity index (χ1) is 14.9. The largest absolute Gasteiger partial charge is 0.493 e. The molecule has 0 spiro atoms. The number of benzene rings is 2. The summed E-state index contributed by atoms with van der Waals surface area (Å²) in [7, 11) is 0. The first kappa shape index (κ1) is 21.4. The number of rotatable bonds is 4. The van der Waals surface area contributed by atoms with Crippen molar-refractivity contribution in [3.05, 3.63) is 64.7 Å². The predicted octanol–water partition coefficient (Wildman–Crippen LogP) is 4.08. The SMILES string of the molecule is O=C(C=C1CCOc2cc(C(F)(F)F)ccc21)Nc1cccc2c1C(CCO)NCC2. The van der Waals surface area contributed by atoms with E-state index < -0.39 is 11.7 Å². The van der Waals surface area contributed by atoms with Gasteiger partial charge in [-0.15, -0.1) is 0 Å². The summed E-state index contributed by atoms with van der Waals surface area (Å²) in [4.78, 5) is 12.8. The molecule has 2 aromatic carbocycles. The van der Waals surface area contributed by atoms with Gasteiger partial charge in [0.1, 0.15) is 5.75 Å². The number of hydrogen-bond acceptors (Lipinski definition) is 4. The van der Waals surface area contributed by atoms with Crippen LogP contribution in [0, 0.1) is 0 Å². The normalized spacial score (nSPS) is 19.4. The standard InChI is InChI=1S/C23H23F3N2O3/c24-23(25,26)16-4-5-17-15(8-11-31-20(17)13-16)12-21(30)28-19-3-1-2-14-6-9-27-18(7-10-29)22(14)19/h1-5,12-13,18,27,29H,6-11H2,(H,28,30). The lowest BCUT2D eigenvalue weighted by Gasteiger charge is -2.29. The fraction of sp³-hybridized carbons (Fsp3) is 0.348. The Hall–Kier alpha value is -2.84. The molecule has 0 fully saturated rings. The van der Waals surface area contributed by atoms with E-state index in [1.807, 2.05) is 18.2 Å². The van der Waals surface area contributed by atoms with E-state index in [0.717, 1.165) is 36.2 Å². The van der Waals surface area contributed by atoms with Crippen molar-refractivity contribution in [2.45, 2.75) is 31.5 Å². The van der Waals surface area contributed by atoms with E-state index in [1.165, 1.54) is 12.1 Å². The molecule has 5 nitrogen and oxygen atoms in total. The molecule has 0 saturated carbocycles. The summed E-state index contributed by atoms with van der Waals surface area (Å²) in [6, 6.07) is 8.98. The number of hydrogen-bond donors (Lipinski definition) is 3. The molecule has 164 valence electrons. The molecule has 1 atom stereocenters. The van der Waals surface area contributed by atoms with Gasteiger partial charge >= 0.3 is 6.18 Å². The number of carbonyl (C=O) groups is 1. The topological polar surface area (TPSA) is 70.6 Å². The van der Waals surface area contributed by atoms with Crippen LogP contribution in [0.3, 0.4) is 0 Å². The molecule has 0 saturated heterocycles. The first-order valence-corrected chi connectivity index (χ1v) is 10.2. The molecule has 1 amide bonds. The zero-order chi connectivity index (χ0) is 22.0. The molecule has 2 aliphatic rings. The maximum absolute atomic E-state index is 13.0. The van der Waals surface area contributed by atoms with Crippen LogP contribution in [0.5, 0.6) is 5.75 Å². The molecule has 0 aromatic heterocycles. The molecule has 0 bridgehead atoms. The van der Waals surface area contributed by atoms with E-state index in [0.29, 0.717) is 29.7 Å². The Labute approximate surface area is 177 Å². The number of nitrogens with one attached hydrogen (secondary N) is 2. The fourth-order valence-corrected chi connectivity index (χ4v) is 4.18. The summed E-state index contributed by atoms with van der Waals surface area (Å²) < 4.78 is 44.3. The van der Waals surface area contributed by atoms with Gasteiger partial charge in [-0.2, -0.15) is 13.2 Å². The summed E-state index contributed by atoms with van der Waals surface area (Å²) in [5, 5.41) is 15.7. The number of anilines is 1. The van der Waals surface area contributed by atoms with Crippen molar-refractivity contribution >= 4 is 17.2 Å². The van der Waals surface area contributed by atoms with E-state index in [1.54, 1.807) is 0 Å². The summed E-state index contributed by atoms with van der Waals surface area (Å²) in [6.07, 6.45) is -1.25. The highest BCUT2D eigenvalue weighted by Gasteiger charge is 2.32. The van der Waals surface area contributed by atoms with Gasteiger partial charge in [0.15, 0.2) is 0 Å². The lowest BCUT2D eigenvalue weighted by atomic mass is 9.91. The summed E-state index contributed by atoms with van der Waals surface area (Å²) in [6.45, 7) is 1.03. The van der Waals surface area contributed by atoms with Gasteiger partial charge in [-0.05, 0) is 54.3 Å². The quantitative estimate of drug-likeness (QED) is 0.637. The van der Waals surface area contributed by atoms with Crippen LogP contribution in [0.25, 0.3) is 5.57 Å². The predicted molar refractivity (Wildman–Crippen MR) is 111 cm³/mol. The number of ether oxygens (including phenoxy) is 1. The van der Waals surface area contributed by atoms with Crippen molar-refractivity contribution in [2.24, 2.45) is 0 Å². The number of aliphatic hydroxyl groups excluding tert-OH is 1. The Balaban J connectivity index is 1.59. The highest BCUT2D eigenvalue weighted by Crippen LogP contribution is 2.38. The Bertz CT molecular complexity index is 1020. The monoisotopic (exact) mass is 432 g/mol. The van der Waals surface area contributed by atoms with Gasteiger partial charge in [0.05, 0.1) is 12.2 Å². The summed E-state index contributed by atoms with van der Waals surface area (Å²) >= 11 is 0. The average molecular weight is 432 g/mol. The van der Waals surface area contributed by atoms with Gasteiger partial charge in [-0.1, -0.05) is 18.2 Å². The molecule has 0 aliphatic carbocycles. The first-order valence-electron chi connectivity index (χ1n) is 10.2. The zero-order valence-electron chi connectivity index (χ0n) is 16.8. The number of fused-ring (bicyclic) bond motifs is 2. The minimum Gasteiger partial charge on any atom is -0.493 e. The Morgan fingerprint density at radius 3 is 2.87 bits per heavy atom. The lowest BCUT2D eigenvalue weighted by Crippen LogP contribution is -2.31. The van der Waals surface area contributed by atoms with E-state index in [9.17, 15) is 23.1 Å². The maximum Gasteiger partial charge on any atom is 0.416 e. The van der Waals surface area contributed by atoms with Crippen molar-refractivity contribution in [3.8, 4) is 5.75 Å². The van der Waals surface area contributed by atoms with Crippen molar-refractivity contribution in [2.75, 3.05) is 25.1 Å². The summed E-state index contributed by atoms with van der Waals surface area (Å²) in [5.74, 6) is -0.228. The molecule has 2 aromatic rings. The smallest absolute Gasteiger partial charge is 0.416 e. The minimum atomic E-state index is -4.46. The van der Waals surface area contributed by atoms with Crippen LogP contribution in [0.2, 0.25) is 0 Å². The van der Waals surface area contributed by atoms with Crippen LogP contribution < -0.4 is 15.4 Å². The van der Waals surface area contributed by atoms with E-state index in [-0.39, 0.29) is 30.9 Å². The third kappa shape index (κ3) is 4.60. The number of aliphatic hydroxyl groups is 1. The van der Waals surface area contributed by atoms with Crippen LogP contribution in [-0.4, -0.2) is 30.8 Å². The van der Waals surface area contributed by atoms with Crippen LogP contribution in [0.15, 0.2) is 42.5 Å². The molecular formula is C23H23F3N2O3. The second-order valence-corrected chi connectivity index (χ2v) is 7.61. The minimum absolute atomic E-state index is 0.0279. The molecule has 8 heteroatoms. The molecule has 2 heterocycles. The van der Waals surface area contributed by atoms with Crippen molar-refractivity contribution in [1.29, 1.82) is 0 Å². The summed E-state index contributed by atoms with van der Waals surface area (Å²) in [5.41, 5.74) is 3.10. The number of alkyl halides is 3. The fourth-order valence-electron chi connectivity index (χ4n) is 4.18. The van der Waals surface area contributed by atoms with E-state index >= 15 is 0 Å². The van der Waals surface area contributed by atoms with Crippen molar-refractivity contribution in [3.63, 3.8) is 0 Å². The van der Waals surface area contributed by atoms with Crippen LogP contribution in [-0.2, 0) is 17.4 Å². The van der Waals surface area contributed by atoms with Crippen LogP contribution >= 0.6 is 0 Å². The third-order valence-electron chi connectivity index (χ3n) is 5.59. The van der Waals surface area contributed by atoms with Crippen LogP contribution in [0.4, 0.5) is 18.9 Å². The Kier molecular flexibility index (Phi) is 6.02. The molecule has 4 rings (SSSR count). The number of halogens is 3. The van der Waals surface area contributed by atoms with Crippen LogP contribution in [0.1, 0.15) is 41.1 Å². The number of carbonyl (C=O) groups excluding carboxylic acids is 1. The average Bonchev–Trinajstić information content (AvgIpc) is 2.73. The molecule has 2 aliphatic heterocycles. The van der Waals surface area contributed by atoms with Gasteiger partial charge in [-0.25, -0.2) is 0 Å². The Morgan fingerprint density at radius 1 is 1.26 bits per heavy atom. The van der Waals surface area contributed by atoms with Gasteiger partial charge < -0.3 is 20.5 Å². The van der Waals surface area contributed by atoms with Crippen molar-refractivity contribution < 1.29 is 27.8 Å². The molecular weight excluding hydrogens is 409 g/mol. The second-order valence-electron chi connectivity index (χ2n) is 7.61. The Morgan fingerprint density at radius 2 is 2.10 bits per heavy atom. The number of amides is 1. The molecule has 0 radical (unpaired) electrons. The zero-order valence-corrected chi connectivity index (χ0v) is 16.8. The highest BCUT2D eigenvalue weighted by atomic mass is 19.4. The molecule has 31 heavy (non-hydrogen) atoms. The molecule has 1 unspecified atom stereocenters. The second kappa shape index (κ2) is 8.72. The van der Waals surface area contributed by atoms with E-state index in [4.69, 9.17) is 4.74 Å². The van der Waals surface area contributed by atoms with Gasteiger partial charge in [0.2, 0.25) is 5.91 Å². The van der Waals surface area contributed by atoms with Crippen molar-refractivity contribution in [1.82, 2.24) is 5.32 Å².